The lowest BCUT2D eigenvalue weighted by atomic mass is 10.2. The summed E-state index contributed by atoms with van der Waals surface area (Å²) >= 11 is 0. The molecule has 9 heteroatoms. The van der Waals surface area contributed by atoms with E-state index >= 15 is 0 Å². The van der Waals surface area contributed by atoms with Crippen molar-refractivity contribution in [3.05, 3.63) is 30.1 Å². The molecule has 24 heavy (non-hydrogen) atoms. The van der Waals surface area contributed by atoms with E-state index in [9.17, 15) is 14.0 Å². The number of aromatic amines is 1. The van der Waals surface area contributed by atoms with Gasteiger partial charge >= 0.3 is 6.09 Å². The molecule has 2 aromatic rings. The highest BCUT2D eigenvalue weighted by Crippen LogP contribution is 2.19. The summed E-state index contributed by atoms with van der Waals surface area (Å²) in [6, 6.07) is 6.04. The molecule has 0 unspecified atom stereocenters. The average Bonchev–Trinajstić information content (AvgIpc) is 2.92. The highest BCUT2D eigenvalue weighted by Gasteiger charge is 2.17. The Hall–Kier alpha value is -2.97. The van der Waals surface area contributed by atoms with Gasteiger partial charge in [-0.05, 0) is 32.9 Å². The maximum Gasteiger partial charge on any atom is 0.408 e. The number of nitrogens with one attached hydrogen (secondary N) is 3. The predicted molar refractivity (Wildman–Crippen MR) is 84.6 cm³/mol. The molecule has 2 rings (SSSR count). The van der Waals surface area contributed by atoms with E-state index in [4.69, 9.17) is 4.74 Å². The van der Waals surface area contributed by atoms with Gasteiger partial charge in [-0.25, -0.2) is 9.18 Å². The molecule has 1 aromatic carbocycles. The van der Waals surface area contributed by atoms with Crippen molar-refractivity contribution in [2.24, 2.45) is 0 Å². The summed E-state index contributed by atoms with van der Waals surface area (Å²) in [5.74, 6) is -0.842. The molecule has 3 N–H and O–H groups in total. The SMILES string of the molecule is CC(C)(C)OC(=O)NCC(=O)Nc1n[nH]c(-c2ccccc2F)n1. The molecular formula is C15H18FN5O3. The smallest absolute Gasteiger partial charge is 0.408 e. The number of benzene rings is 1. The third kappa shape index (κ3) is 5.04. The van der Waals surface area contributed by atoms with Crippen molar-refractivity contribution < 1.29 is 18.7 Å². The number of alkyl carbamates (subject to hydrolysis) is 1. The second-order valence-corrected chi connectivity index (χ2v) is 5.89. The molecule has 0 aliphatic heterocycles. The second-order valence-electron chi connectivity index (χ2n) is 5.89. The Kier molecular flexibility index (Phi) is 5.12. The van der Waals surface area contributed by atoms with Gasteiger partial charge < -0.3 is 10.1 Å². The molecule has 0 radical (unpaired) electrons. The summed E-state index contributed by atoms with van der Waals surface area (Å²) in [6.45, 7) is 4.83. The van der Waals surface area contributed by atoms with E-state index in [1.807, 2.05) is 0 Å². The lowest BCUT2D eigenvalue weighted by Gasteiger charge is -2.19. The summed E-state index contributed by atoms with van der Waals surface area (Å²) in [7, 11) is 0. The molecule has 2 amide bonds. The van der Waals surface area contributed by atoms with Gasteiger partial charge in [0.05, 0.1) is 5.56 Å². The van der Waals surface area contributed by atoms with Crippen LogP contribution in [0.25, 0.3) is 11.4 Å². The van der Waals surface area contributed by atoms with E-state index in [0.717, 1.165) is 0 Å². The number of nitrogens with zero attached hydrogens (tertiary/aromatic N) is 2. The minimum absolute atomic E-state index is 0.0239. The standard InChI is InChI=1S/C15H18FN5O3/c1-15(2,3)24-14(23)17-8-11(22)18-13-19-12(20-21-13)9-6-4-5-7-10(9)16/h4-7H,8H2,1-3H3,(H,17,23)(H2,18,19,20,21,22). The van der Waals surface area contributed by atoms with Crippen LogP contribution in [0.1, 0.15) is 20.8 Å². The number of hydrogen-bond donors (Lipinski definition) is 3. The first-order valence-electron chi connectivity index (χ1n) is 7.18. The number of hydrogen-bond acceptors (Lipinski definition) is 5. The first-order chi connectivity index (χ1) is 11.2. The number of ether oxygens (including phenoxy) is 1. The summed E-state index contributed by atoms with van der Waals surface area (Å²) in [4.78, 5) is 27.2. The van der Waals surface area contributed by atoms with Crippen LogP contribution in [0.5, 0.6) is 0 Å². The number of anilines is 1. The van der Waals surface area contributed by atoms with Gasteiger partial charge in [-0.1, -0.05) is 12.1 Å². The van der Waals surface area contributed by atoms with Gasteiger partial charge in [0, 0.05) is 0 Å². The van der Waals surface area contributed by atoms with Crippen molar-refractivity contribution in [1.29, 1.82) is 0 Å². The maximum atomic E-state index is 13.7. The fraction of sp³-hybridized carbons (Fsp3) is 0.333. The van der Waals surface area contributed by atoms with Crippen LogP contribution in [0.15, 0.2) is 24.3 Å². The quantitative estimate of drug-likeness (QED) is 0.792. The molecule has 0 fully saturated rings. The van der Waals surface area contributed by atoms with E-state index in [-0.39, 0.29) is 23.9 Å². The predicted octanol–water partition coefficient (Wildman–Crippen LogP) is 2.07. The van der Waals surface area contributed by atoms with Crippen LogP contribution in [-0.2, 0) is 9.53 Å². The van der Waals surface area contributed by atoms with Crippen LogP contribution in [-0.4, -0.2) is 39.3 Å². The average molecular weight is 335 g/mol. The molecule has 0 saturated heterocycles. The molecule has 1 heterocycles. The van der Waals surface area contributed by atoms with Crippen LogP contribution < -0.4 is 10.6 Å². The van der Waals surface area contributed by atoms with Gasteiger partial charge in [-0.3, -0.25) is 15.2 Å². The number of halogens is 1. The minimum Gasteiger partial charge on any atom is -0.444 e. The molecule has 0 saturated carbocycles. The first-order valence-corrected chi connectivity index (χ1v) is 7.18. The summed E-state index contributed by atoms with van der Waals surface area (Å²) in [5, 5.41) is 11.0. The number of carbonyl (C=O) groups excluding carboxylic acids is 2. The zero-order valence-corrected chi connectivity index (χ0v) is 13.5. The Morgan fingerprint density at radius 3 is 2.67 bits per heavy atom. The molecule has 0 bridgehead atoms. The van der Waals surface area contributed by atoms with Crippen LogP contribution >= 0.6 is 0 Å². The molecule has 128 valence electrons. The Labute approximate surface area is 137 Å². The van der Waals surface area contributed by atoms with Gasteiger partial charge in [-0.2, -0.15) is 4.98 Å². The zero-order chi connectivity index (χ0) is 17.7. The van der Waals surface area contributed by atoms with Crippen molar-refractivity contribution in [1.82, 2.24) is 20.5 Å². The molecule has 8 nitrogen and oxygen atoms in total. The van der Waals surface area contributed by atoms with Gasteiger partial charge in [0.25, 0.3) is 0 Å². The van der Waals surface area contributed by atoms with Gasteiger partial charge in [0.1, 0.15) is 18.0 Å². The fourth-order valence-electron chi connectivity index (χ4n) is 1.73. The largest absolute Gasteiger partial charge is 0.444 e. The summed E-state index contributed by atoms with van der Waals surface area (Å²) in [6.07, 6.45) is -0.709. The van der Waals surface area contributed by atoms with E-state index in [1.165, 1.54) is 12.1 Å². The van der Waals surface area contributed by atoms with Gasteiger partial charge in [0.15, 0.2) is 5.82 Å². The van der Waals surface area contributed by atoms with Crippen LogP contribution in [0.3, 0.4) is 0 Å². The topological polar surface area (TPSA) is 109 Å². The van der Waals surface area contributed by atoms with Crippen molar-refractivity contribution in [3.63, 3.8) is 0 Å². The number of carbonyl (C=O) groups is 2. The molecule has 0 spiro atoms. The summed E-state index contributed by atoms with van der Waals surface area (Å²) in [5.41, 5.74) is -0.420. The monoisotopic (exact) mass is 335 g/mol. The Bertz CT molecular complexity index is 739. The number of aromatic nitrogens is 3. The van der Waals surface area contributed by atoms with Gasteiger partial charge in [-0.15, -0.1) is 5.10 Å². The van der Waals surface area contributed by atoms with Gasteiger partial charge in [0.2, 0.25) is 11.9 Å². The van der Waals surface area contributed by atoms with E-state index in [2.05, 4.69) is 25.8 Å². The highest BCUT2D eigenvalue weighted by atomic mass is 19.1. The first kappa shape index (κ1) is 17.4. The van der Waals surface area contributed by atoms with Crippen LogP contribution in [0, 0.1) is 5.82 Å². The van der Waals surface area contributed by atoms with E-state index in [0.29, 0.717) is 0 Å². The second kappa shape index (κ2) is 7.07. The fourth-order valence-corrected chi connectivity index (χ4v) is 1.73. The van der Waals surface area contributed by atoms with Crippen LogP contribution in [0.4, 0.5) is 15.1 Å². The molecule has 1 aromatic heterocycles. The van der Waals surface area contributed by atoms with Crippen LogP contribution in [0.2, 0.25) is 0 Å². The highest BCUT2D eigenvalue weighted by molar-refractivity contribution is 5.92. The number of amides is 2. The molecule has 0 aliphatic rings. The number of rotatable bonds is 4. The maximum absolute atomic E-state index is 13.7. The van der Waals surface area contributed by atoms with E-state index in [1.54, 1.807) is 32.9 Å². The Morgan fingerprint density at radius 2 is 2.00 bits per heavy atom. The zero-order valence-electron chi connectivity index (χ0n) is 13.5. The normalized spacial score (nSPS) is 11.0. The third-order valence-electron chi connectivity index (χ3n) is 2.66. The minimum atomic E-state index is -0.709. The van der Waals surface area contributed by atoms with Crippen molar-refractivity contribution in [3.8, 4) is 11.4 Å². The van der Waals surface area contributed by atoms with Crippen molar-refractivity contribution in [2.75, 3.05) is 11.9 Å². The Morgan fingerprint density at radius 1 is 1.29 bits per heavy atom. The van der Waals surface area contributed by atoms with Crippen molar-refractivity contribution in [2.45, 2.75) is 26.4 Å². The third-order valence-corrected chi connectivity index (χ3v) is 2.66. The number of H-pyrrole nitrogens is 1. The molecule has 0 aliphatic carbocycles. The van der Waals surface area contributed by atoms with Crippen molar-refractivity contribution >= 4 is 17.9 Å². The Balaban J connectivity index is 1.89. The van der Waals surface area contributed by atoms with E-state index < -0.39 is 23.4 Å². The molecule has 0 atom stereocenters. The summed E-state index contributed by atoms with van der Waals surface area (Å²) < 4.78 is 18.7. The lowest BCUT2D eigenvalue weighted by Crippen LogP contribution is -2.37. The molecular weight excluding hydrogens is 317 g/mol. The lowest BCUT2D eigenvalue weighted by molar-refractivity contribution is -0.115.